The largest absolute Gasteiger partial charge is 0.480 e. The van der Waals surface area contributed by atoms with Crippen LogP contribution in [0, 0.1) is 0 Å². The van der Waals surface area contributed by atoms with E-state index in [4.69, 9.17) is 9.84 Å². The number of amides is 3. The van der Waals surface area contributed by atoms with Crippen molar-refractivity contribution in [3.63, 3.8) is 0 Å². The van der Waals surface area contributed by atoms with Gasteiger partial charge in [-0.2, -0.15) is 0 Å². The maximum atomic E-state index is 12.1. The van der Waals surface area contributed by atoms with E-state index < -0.39 is 42.0 Å². The predicted molar refractivity (Wildman–Crippen MR) is 96.7 cm³/mol. The summed E-state index contributed by atoms with van der Waals surface area (Å²) in [6.07, 6.45) is -0.553. The van der Waals surface area contributed by atoms with Crippen LogP contribution in [0.1, 0.15) is 32.8 Å². The Bertz CT molecular complexity index is 664. The molecule has 4 N–H and O–H groups in total. The van der Waals surface area contributed by atoms with Crippen molar-refractivity contribution in [2.45, 2.75) is 51.9 Å². The summed E-state index contributed by atoms with van der Waals surface area (Å²) in [6, 6.07) is 6.13. The number of hydrogen-bond donors (Lipinski definition) is 4. The molecule has 3 atom stereocenters. The van der Waals surface area contributed by atoms with Gasteiger partial charge in [-0.3, -0.25) is 9.59 Å². The van der Waals surface area contributed by atoms with Crippen LogP contribution in [0.4, 0.5) is 4.79 Å². The molecule has 0 saturated carbocycles. The van der Waals surface area contributed by atoms with Gasteiger partial charge in [0.1, 0.15) is 24.7 Å². The molecular weight excluding hydrogens is 354 g/mol. The molecule has 1 rings (SSSR count). The highest BCUT2D eigenvalue weighted by Crippen LogP contribution is 2.01. The van der Waals surface area contributed by atoms with Crippen LogP contribution >= 0.6 is 0 Å². The minimum Gasteiger partial charge on any atom is -0.480 e. The average Bonchev–Trinajstić information content (AvgIpc) is 2.64. The molecule has 27 heavy (non-hydrogen) atoms. The van der Waals surface area contributed by atoms with Gasteiger partial charge in [-0.25, -0.2) is 9.59 Å². The zero-order valence-corrected chi connectivity index (χ0v) is 15.5. The van der Waals surface area contributed by atoms with Crippen LogP contribution in [-0.2, 0) is 25.7 Å². The van der Waals surface area contributed by atoms with Crippen LogP contribution in [0.3, 0.4) is 0 Å². The summed E-state index contributed by atoms with van der Waals surface area (Å²) in [5, 5.41) is 16.0. The van der Waals surface area contributed by atoms with Gasteiger partial charge in [-0.1, -0.05) is 37.3 Å². The van der Waals surface area contributed by atoms with E-state index in [2.05, 4.69) is 16.0 Å². The molecule has 0 saturated heterocycles. The maximum Gasteiger partial charge on any atom is 0.408 e. The lowest BCUT2D eigenvalue weighted by atomic mass is 10.2. The summed E-state index contributed by atoms with van der Waals surface area (Å²) >= 11 is 0. The van der Waals surface area contributed by atoms with E-state index in [9.17, 15) is 19.2 Å². The summed E-state index contributed by atoms with van der Waals surface area (Å²) < 4.78 is 5.02. The minimum atomic E-state index is -1.15. The van der Waals surface area contributed by atoms with Crippen molar-refractivity contribution in [2.24, 2.45) is 0 Å². The number of carboxylic acids is 1. The summed E-state index contributed by atoms with van der Waals surface area (Å²) in [5.41, 5.74) is 0.805. The number of aliphatic carboxylic acids is 1. The van der Waals surface area contributed by atoms with Crippen LogP contribution in [0.2, 0.25) is 0 Å². The molecule has 0 aliphatic carbocycles. The second-order valence-electron chi connectivity index (χ2n) is 5.97. The monoisotopic (exact) mass is 379 g/mol. The zero-order chi connectivity index (χ0) is 20.4. The van der Waals surface area contributed by atoms with Crippen molar-refractivity contribution in [3.8, 4) is 0 Å². The lowest BCUT2D eigenvalue weighted by Crippen LogP contribution is -2.54. The van der Waals surface area contributed by atoms with Crippen LogP contribution < -0.4 is 16.0 Å². The van der Waals surface area contributed by atoms with Gasteiger partial charge in [0.25, 0.3) is 0 Å². The molecule has 148 valence electrons. The zero-order valence-electron chi connectivity index (χ0n) is 15.5. The summed E-state index contributed by atoms with van der Waals surface area (Å²) in [7, 11) is 0. The van der Waals surface area contributed by atoms with Gasteiger partial charge >= 0.3 is 12.1 Å². The fourth-order valence-corrected chi connectivity index (χ4v) is 2.05. The number of carboxylic acid groups (broad SMARTS) is 1. The standard InChI is InChI=1S/C18H25N3O6/c1-4-14(17(24)25)21-16(23)11(2)19-15(22)12(3)20-18(26)27-10-13-8-6-5-7-9-13/h5-9,11-12,14H,4,10H2,1-3H3,(H,19,22)(H,20,26)(H,21,23)(H,24,25)/t11-,12-,14-/m0/s1. The number of carbonyl (C=O) groups excluding carboxylic acids is 3. The molecule has 0 unspecified atom stereocenters. The van der Waals surface area contributed by atoms with Crippen molar-refractivity contribution in [1.29, 1.82) is 0 Å². The van der Waals surface area contributed by atoms with E-state index in [1.165, 1.54) is 13.8 Å². The number of hydrogen-bond acceptors (Lipinski definition) is 5. The lowest BCUT2D eigenvalue weighted by molar-refractivity contribution is -0.142. The van der Waals surface area contributed by atoms with E-state index >= 15 is 0 Å². The molecule has 0 aliphatic heterocycles. The van der Waals surface area contributed by atoms with Crippen molar-refractivity contribution in [3.05, 3.63) is 35.9 Å². The fourth-order valence-electron chi connectivity index (χ4n) is 2.05. The van der Waals surface area contributed by atoms with Gasteiger partial charge in [0, 0.05) is 0 Å². The third kappa shape index (κ3) is 7.76. The Hall–Kier alpha value is -3.10. The Morgan fingerprint density at radius 3 is 2.07 bits per heavy atom. The first-order valence-corrected chi connectivity index (χ1v) is 8.55. The highest BCUT2D eigenvalue weighted by Gasteiger charge is 2.24. The first kappa shape index (κ1) is 21.9. The van der Waals surface area contributed by atoms with E-state index in [-0.39, 0.29) is 13.0 Å². The van der Waals surface area contributed by atoms with Gasteiger partial charge in [0.05, 0.1) is 0 Å². The number of alkyl carbamates (subject to hydrolysis) is 1. The smallest absolute Gasteiger partial charge is 0.408 e. The summed E-state index contributed by atoms with van der Waals surface area (Å²) in [6.45, 7) is 4.54. The molecule has 0 aliphatic rings. The Morgan fingerprint density at radius 2 is 1.52 bits per heavy atom. The first-order valence-electron chi connectivity index (χ1n) is 8.55. The molecule has 9 heteroatoms. The van der Waals surface area contributed by atoms with Crippen LogP contribution in [0.25, 0.3) is 0 Å². The molecule has 1 aromatic rings. The molecule has 1 aromatic carbocycles. The molecular formula is C18H25N3O6. The molecule has 0 heterocycles. The number of ether oxygens (including phenoxy) is 1. The lowest BCUT2D eigenvalue weighted by Gasteiger charge is -2.20. The van der Waals surface area contributed by atoms with Crippen LogP contribution in [-0.4, -0.2) is 47.1 Å². The third-order valence-corrected chi connectivity index (χ3v) is 3.72. The minimum absolute atomic E-state index is 0.0629. The first-order chi connectivity index (χ1) is 12.7. The number of nitrogens with one attached hydrogen (secondary N) is 3. The SMILES string of the molecule is CC[C@H](NC(=O)[C@H](C)NC(=O)[C@H](C)NC(=O)OCc1ccccc1)C(=O)O. The summed E-state index contributed by atoms with van der Waals surface area (Å²) in [4.78, 5) is 46.7. The van der Waals surface area contributed by atoms with Crippen LogP contribution in [0.15, 0.2) is 30.3 Å². The Kier molecular flexibility index (Phi) is 8.77. The topological polar surface area (TPSA) is 134 Å². The van der Waals surface area contributed by atoms with E-state index in [0.717, 1.165) is 5.56 Å². The second-order valence-corrected chi connectivity index (χ2v) is 5.97. The van der Waals surface area contributed by atoms with Crippen molar-refractivity contribution >= 4 is 23.9 Å². The molecule has 0 aromatic heterocycles. The number of benzene rings is 1. The highest BCUT2D eigenvalue weighted by atomic mass is 16.5. The van der Waals surface area contributed by atoms with E-state index in [1.807, 2.05) is 18.2 Å². The Labute approximate surface area is 157 Å². The highest BCUT2D eigenvalue weighted by molar-refractivity contribution is 5.92. The molecule has 3 amide bonds. The maximum absolute atomic E-state index is 12.1. The Balaban J connectivity index is 2.42. The fraction of sp³-hybridized carbons (Fsp3) is 0.444. The van der Waals surface area contributed by atoms with Gasteiger partial charge in [-0.15, -0.1) is 0 Å². The molecule has 0 bridgehead atoms. The molecule has 9 nitrogen and oxygen atoms in total. The van der Waals surface area contributed by atoms with Gasteiger partial charge in [0.2, 0.25) is 11.8 Å². The van der Waals surface area contributed by atoms with Crippen molar-refractivity contribution in [2.75, 3.05) is 0 Å². The summed E-state index contributed by atoms with van der Waals surface area (Å²) in [5.74, 6) is -2.38. The quantitative estimate of drug-likeness (QED) is 0.501. The predicted octanol–water partition coefficient (Wildman–Crippen LogP) is 0.785. The van der Waals surface area contributed by atoms with Crippen LogP contribution in [0.5, 0.6) is 0 Å². The normalized spacial score (nSPS) is 13.6. The Morgan fingerprint density at radius 1 is 0.963 bits per heavy atom. The number of carbonyl (C=O) groups is 4. The number of rotatable bonds is 9. The van der Waals surface area contributed by atoms with Crippen molar-refractivity contribution in [1.82, 2.24) is 16.0 Å². The van der Waals surface area contributed by atoms with Crippen molar-refractivity contribution < 1.29 is 29.0 Å². The molecule has 0 fully saturated rings. The van der Waals surface area contributed by atoms with Gasteiger partial charge < -0.3 is 25.8 Å². The second kappa shape index (κ2) is 10.8. The molecule has 0 radical (unpaired) electrons. The average molecular weight is 379 g/mol. The van der Waals surface area contributed by atoms with Gasteiger partial charge in [0.15, 0.2) is 0 Å². The molecule has 0 spiro atoms. The van der Waals surface area contributed by atoms with E-state index in [0.29, 0.717) is 0 Å². The van der Waals surface area contributed by atoms with Gasteiger partial charge in [-0.05, 0) is 25.8 Å². The van der Waals surface area contributed by atoms with E-state index in [1.54, 1.807) is 19.1 Å². The third-order valence-electron chi connectivity index (χ3n) is 3.72.